The van der Waals surface area contributed by atoms with Gasteiger partial charge in [-0.05, 0) is 51.1 Å². The first kappa shape index (κ1) is 23.9. The summed E-state index contributed by atoms with van der Waals surface area (Å²) in [5.74, 6) is -4.32. The Morgan fingerprint density at radius 3 is 1.79 bits per heavy atom. The number of carboxylic acid groups (broad SMARTS) is 1. The smallest absolute Gasteiger partial charge is 0.349 e. The van der Waals surface area contributed by atoms with Gasteiger partial charge in [0.2, 0.25) is 12.2 Å². The zero-order valence-electron chi connectivity index (χ0n) is 18.4. The summed E-state index contributed by atoms with van der Waals surface area (Å²) < 4.78 is 10.4. The second kappa shape index (κ2) is 10.7. The maximum absolute atomic E-state index is 13.0. The molecule has 3 rings (SSSR count). The molecule has 33 heavy (non-hydrogen) atoms. The van der Waals surface area contributed by atoms with Crippen LogP contribution in [0.1, 0.15) is 38.3 Å². The summed E-state index contributed by atoms with van der Waals surface area (Å²) in [6.45, 7) is 4.85. The van der Waals surface area contributed by atoms with Crippen molar-refractivity contribution in [3.8, 4) is 0 Å². The number of carbonyl (C=O) groups excluding carboxylic acids is 3. The van der Waals surface area contributed by atoms with Crippen molar-refractivity contribution >= 4 is 23.8 Å². The van der Waals surface area contributed by atoms with Gasteiger partial charge in [-0.1, -0.05) is 35.4 Å². The molecule has 0 saturated carbocycles. The van der Waals surface area contributed by atoms with E-state index in [1.54, 1.807) is 24.3 Å². The number of aryl methyl sites for hydroxylation is 2. The van der Waals surface area contributed by atoms with Crippen molar-refractivity contribution in [3.63, 3.8) is 0 Å². The minimum absolute atomic E-state index is 0.107. The highest BCUT2D eigenvalue weighted by Crippen LogP contribution is 2.15. The molecule has 9 nitrogen and oxygen atoms in total. The number of hydrogen-bond acceptors (Lipinski definition) is 7. The van der Waals surface area contributed by atoms with Crippen molar-refractivity contribution in [2.45, 2.75) is 38.5 Å². The lowest BCUT2D eigenvalue weighted by atomic mass is 10.1. The van der Waals surface area contributed by atoms with Crippen LogP contribution in [-0.2, 0) is 19.1 Å². The van der Waals surface area contributed by atoms with E-state index in [0.717, 1.165) is 11.1 Å². The highest BCUT2D eigenvalue weighted by Gasteiger charge is 2.41. The largest absolute Gasteiger partial charge is 0.478 e. The number of nitrogens with one attached hydrogen (secondary N) is 2. The van der Waals surface area contributed by atoms with Crippen molar-refractivity contribution in [1.29, 1.82) is 0 Å². The molecule has 174 valence electrons. The summed E-state index contributed by atoms with van der Waals surface area (Å²) in [5.41, 5.74) is 2.05. The molecular formula is C24H26N2O7. The average molecular weight is 454 g/mol. The number of esters is 2. The Labute approximate surface area is 191 Å². The molecule has 1 fully saturated rings. The third-order valence-corrected chi connectivity index (χ3v) is 5.23. The van der Waals surface area contributed by atoms with Gasteiger partial charge < -0.3 is 25.2 Å². The molecule has 0 aromatic heterocycles. The molecule has 2 aromatic rings. The Bertz CT molecular complexity index is 1010. The molecule has 2 unspecified atom stereocenters. The molecule has 1 heterocycles. The van der Waals surface area contributed by atoms with Crippen LogP contribution in [0.25, 0.3) is 0 Å². The summed E-state index contributed by atoms with van der Waals surface area (Å²) in [6.07, 6.45) is -3.29. The van der Waals surface area contributed by atoms with Crippen molar-refractivity contribution in [1.82, 2.24) is 10.6 Å². The van der Waals surface area contributed by atoms with Crippen molar-refractivity contribution in [3.05, 3.63) is 70.8 Å². The molecule has 1 aliphatic heterocycles. The molecule has 2 aromatic carbocycles. The van der Waals surface area contributed by atoms with Crippen LogP contribution in [0.4, 0.5) is 0 Å². The summed E-state index contributed by atoms with van der Waals surface area (Å²) >= 11 is 0. The Hall–Kier alpha value is -3.72. The summed E-state index contributed by atoms with van der Waals surface area (Å²) in [6, 6.07) is 12.4. The van der Waals surface area contributed by atoms with Crippen LogP contribution in [0.3, 0.4) is 0 Å². The molecule has 1 aliphatic rings. The fraction of sp³-hybridized carbons (Fsp3) is 0.333. The predicted molar refractivity (Wildman–Crippen MR) is 118 cm³/mol. The Morgan fingerprint density at radius 2 is 1.36 bits per heavy atom. The molecular weight excluding hydrogens is 428 g/mol. The summed E-state index contributed by atoms with van der Waals surface area (Å²) in [5, 5.41) is 15.5. The maximum Gasteiger partial charge on any atom is 0.349 e. The van der Waals surface area contributed by atoms with Crippen LogP contribution in [0.5, 0.6) is 0 Å². The van der Waals surface area contributed by atoms with Gasteiger partial charge in [0.1, 0.15) is 0 Å². The molecule has 9 heteroatoms. The monoisotopic (exact) mass is 454 g/mol. The van der Waals surface area contributed by atoms with Crippen LogP contribution in [-0.4, -0.2) is 60.3 Å². The SMILES string of the molecule is Cc1ccc(C(=O)OC(C(=O)O)C(OC(=O)c2ccc(C)cc2)C(=O)N[C@H]2CCNC2)cc1. The van der Waals surface area contributed by atoms with Crippen molar-refractivity contribution in [2.75, 3.05) is 13.1 Å². The lowest BCUT2D eigenvalue weighted by molar-refractivity contribution is -0.159. The van der Waals surface area contributed by atoms with E-state index in [9.17, 15) is 24.3 Å². The molecule has 1 saturated heterocycles. The number of aliphatic carboxylic acids is 1. The van der Waals surface area contributed by atoms with Gasteiger partial charge in [-0.2, -0.15) is 0 Å². The summed E-state index contributed by atoms with van der Waals surface area (Å²) in [4.78, 5) is 50.2. The highest BCUT2D eigenvalue weighted by molar-refractivity contribution is 5.96. The molecule has 0 radical (unpaired) electrons. The minimum atomic E-state index is -2.04. The van der Waals surface area contributed by atoms with E-state index in [2.05, 4.69) is 10.6 Å². The van der Waals surface area contributed by atoms with Crippen LogP contribution in [0.15, 0.2) is 48.5 Å². The van der Waals surface area contributed by atoms with E-state index < -0.39 is 36.0 Å². The third-order valence-electron chi connectivity index (χ3n) is 5.23. The van der Waals surface area contributed by atoms with Crippen LogP contribution < -0.4 is 10.6 Å². The number of ether oxygens (including phenoxy) is 2. The minimum Gasteiger partial charge on any atom is -0.478 e. The molecule has 1 amide bonds. The third kappa shape index (κ3) is 6.39. The number of hydrogen-bond donors (Lipinski definition) is 3. The molecule has 0 bridgehead atoms. The van der Waals surface area contributed by atoms with E-state index in [1.165, 1.54) is 24.3 Å². The van der Waals surface area contributed by atoms with E-state index in [-0.39, 0.29) is 17.2 Å². The van der Waals surface area contributed by atoms with Gasteiger partial charge in [-0.15, -0.1) is 0 Å². The second-order valence-electron chi connectivity index (χ2n) is 7.92. The number of rotatable bonds is 8. The Morgan fingerprint density at radius 1 is 0.879 bits per heavy atom. The van der Waals surface area contributed by atoms with E-state index >= 15 is 0 Å². The number of amides is 1. The number of benzene rings is 2. The first-order valence-corrected chi connectivity index (χ1v) is 10.5. The zero-order chi connectivity index (χ0) is 24.0. The molecule has 0 spiro atoms. The molecule has 0 aliphatic carbocycles. The predicted octanol–water partition coefficient (Wildman–Crippen LogP) is 1.62. The Kier molecular flexibility index (Phi) is 7.78. The van der Waals surface area contributed by atoms with Crippen LogP contribution in [0.2, 0.25) is 0 Å². The highest BCUT2D eigenvalue weighted by atomic mass is 16.6. The quantitative estimate of drug-likeness (QED) is 0.513. The zero-order valence-corrected chi connectivity index (χ0v) is 18.4. The second-order valence-corrected chi connectivity index (χ2v) is 7.92. The van der Waals surface area contributed by atoms with E-state index in [4.69, 9.17) is 9.47 Å². The standard InChI is InChI=1S/C24H26N2O7/c1-14-3-7-16(8-4-14)23(30)32-19(21(27)26-18-11-12-25-13-18)20(22(28)29)33-24(31)17-9-5-15(2)6-10-17/h3-10,18-20,25H,11-13H2,1-2H3,(H,26,27)(H,28,29)/t18-,19?,20?/m0/s1. The Balaban J connectivity index is 1.84. The van der Waals surface area contributed by atoms with Crippen LogP contribution >= 0.6 is 0 Å². The van der Waals surface area contributed by atoms with Crippen LogP contribution in [0, 0.1) is 13.8 Å². The molecule has 3 atom stereocenters. The van der Waals surface area contributed by atoms with Gasteiger partial charge in [0.15, 0.2) is 0 Å². The van der Waals surface area contributed by atoms with Gasteiger partial charge in [-0.3, -0.25) is 4.79 Å². The fourth-order valence-corrected chi connectivity index (χ4v) is 3.30. The average Bonchev–Trinajstić information content (AvgIpc) is 3.29. The number of carbonyl (C=O) groups is 4. The van der Waals surface area contributed by atoms with Crippen molar-refractivity contribution < 1.29 is 33.8 Å². The lowest BCUT2D eigenvalue weighted by Crippen LogP contribution is -2.52. The van der Waals surface area contributed by atoms with Gasteiger partial charge in [0.25, 0.3) is 5.91 Å². The normalized spacial score (nSPS) is 17.0. The first-order chi connectivity index (χ1) is 15.7. The van der Waals surface area contributed by atoms with Gasteiger partial charge >= 0.3 is 17.9 Å². The fourth-order valence-electron chi connectivity index (χ4n) is 3.30. The van der Waals surface area contributed by atoms with Gasteiger partial charge in [0, 0.05) is 12.6 Å². The van der Waals surface area contributed by atoms with Crippen molar-refractivity contribution in [2.24, 2.45) is 0 Å². The van der Waals surface area contributed by atoms with Gasteiger partial charge in [-0.25, -0.2) is 14.4 Å². The first-order valence-electron chi connectivity index (χ1n) is 10.5. The topological polar surface area (TPSA) is 131 Å². The van der Waals surface area contributed by atoms with E-state index in [0.29, 0.717) is 19.5 Å². The van der Waals surface area contributed by atoms with Gasteiger partial charge in [0.05, 0.1) is 11.1 Å². The summed E-state index contributed by atoms with van der Waals surface area (Å²) in [7, 11) is 0. The maximum atomic E-state index is 13.0. The molecule has 3 N–H and O–H groups in total. The van der Waals surface area contributed by atoms with E-state index in [1.807, 2.05) is 13.8 Å². The lowest BCUT2D eigenvalue weighted by Gasteiger charge is -2.25. The number of carboxylic acids is 1.